The molecule has 0 rings (SSSR count). The largest absolute Gasteiger partial charge is 0.469 e. The number of hydrogen-bond donors (Lipinski definition) is 2. The molecule has 0 fully saturated rings. The second-order valence-electron chi connectivity index (χ2n) is 0.908. The first-order valence-electron chi connectivity index (χ1n) is 1.76. The Bertz CT molecular complexity index is 88.0. The van der Waals surface area contributed by atoms with E-state index in [9.17, 15) is 4.57 Å². The third kappa shape index (κ3) is 9.93. The summed E-state index contributed by atoms with van der Waals surface area (Å²) in [5.74, 6) is 0. The van der Waals surface area contributed by atoms with Crippen molar-refractivity contribution < 1.29 is 39.9 Å². The molecule has 4 nitrogen and oxygen atoms in total. The van der Waals surface area contributed by atoms with Gasteiger partial charge in [0.05, 0.1) is 6.61 Å². The van der Waals surface area contributed by atoms with Crippen molar-refractivity contribution in [3.63, 3.8) is 0 Å². The third-order valence-corrected chi connectivity index (χ3v) is 0.892. The number of hydrogen-bond acceptors (Lipinski definition) is 2. The van der Waals surface area contributed by atoms with Gasteiger partial charge in [0.15, 0.2) is 0 Å². The quantitative estimate of drug-likeness (QED) is 0.514. The second-order valence-corrected chi connectivity index (χ2v) is 2.15. The van der Waals surface area contributed by atoms with Gasteiger partial charge in [-0.25, -0.2) is 4.57 Å². The molecule has 50 valence electrons. The standard InChI is InChI=1S/C2H7O4P.Mo/c1-2-6-7(3,4)5;/h2H2,1H3,(H2,3,4,5);. The summed E-state index contributed by atoms with van der Waals surface area (Å²) in [5.41, 5.74) is 0. The van der Waals surface area contributed by atoms with Crippen molar-refractivity contribution in [2.75, 3.05) is 6.61 Å². The Kier molecular flexibility index (Phi) is 6.74. The average Bonchev–Trinajstić information content (AvgIpc) is 1.30. The van der Waals surface area contributed by atoms with Crippen LogP contribution in [0.15, 0.2) is 0 Å². The molecule has 0 aliphatic rings. The van der Waals surface area contributed by atoms with Gasteiger partial charge in [-0.3, -0.25) is 4.52 Å². The Labute approximate surface area is 61.7 Å². The van der Waals surface area contributed by atoms with Gasteiger partial charge in [0.25, 0.3) is 0 Å². The fourth-order valence-corrected chi connectivity index (χ4v) is 0.505. The summed E-state index contributed by atoms with van der Waals surface area (Å²) < 4.78 is 13.6. The molecule has 0 spiro atoms. The molecule has 0 aromatic rings. The van der Waals surface area contributed by atoms with Gasteiger partial charge in [0.2, 0.25) is 0 Å². The summed E-state index contributed by atoms with van der Waals surface area (Å²) in [7, 11) is -4.17. The zero-order valence-electron chi connectivity index (χ0n) is 4.27. The Morgan fingerprint density at radius 1 is 1.62 bits per heavy atom. The van der Waals surface area contributed by atoms with E-state index < -0.39 is 7.82 Å². The van der Waals surface area contributed by atoms with Crippen LogP contribution in [0.1, 0.15) is 6.92 Å². The first-order valence-corrected chi connectivity index (χ1v) is 3.29. The predicted octanol–water partition coefficient (Wildman–Crippen LogP) is 0.113. The molecule has 0 radical (unpaired) electrons. The van der Waals surface area contributed by atoms with Crippen LogP contribution in [-0.2, 0) is 30.2 Å². The van der Waals surface area contributed by atoms with Crippen molar-refractivity contribution in [3.8, 4) is 0 Å². The molecule has 6 heteroatoms. The van der Waals surface area contributed by atoms with Crippen LogP contribution in [0.5, 0.6) is 0 Å². The molecule has 0 aliphatic heterocycles. The molecular formula is C2H7MoO4P. The number of phosphoric ester groups is 1. The van der Waals surface area contributed by atoms with Gasteiger partial charge in [0, 0.05) is 21.1 Å². The molecule has 0 unspecified atom stereocenters. The van der Waals surface area contributed by atoms with Crippen molar-refractivity contribution in [2.24, 2.45) is 0 Å². The van der Waals surface area contributed by atoms with Gasteiger partial charge in [-0.05, 0) is 6.92 Å². The van der Waals surface area contributed by atoms with Crippen LogP contribution < -0.4 is 0 Å². The van der Waals surface area contributed by atoms with Crippen LogP contribution in [0.4, 0.5) is 0 Å². The van der Waals surface area contributed by atoms with Crippen molar-refractivity contribution in [1.82, 2.24) is 0 Å². The summed E-state index contributed by atoms with van der Waals surface area (Å²) in [4.78, 5) is 15.8. The molecule has 0 heterocycles. The topological polar surface area (TPSA) is 66.8 Å². The van der Waals surface area contributed by atoms with E-state index in [-0.39, 0.29) is 27.7 Å². The zero-order chi connectivity index (χ0) is 5.91. The molecular weight excluding hydrogens is 215 g/mol. The smallest absolute Gasteiger partial charge is 0.303 e. The van der Waals surface area contributed by atoms with E-state index in [1.165, 1.54) is 6.92 Å². The molecule has 0 saturated carbocycles. The van der Waals surface area contributed by atoms with Crippen LogP contribution in [0, 0.1) is 0 Å². The predicted molar refractivity (Wildman–Crippen MR) is 23.7 cm³/mol. The van der Waals surface area contributed by atoms with Gasteiger partial charge in [-0.15, -0.1) is 0 Å². The molecule has 0 amide bonds. The van der Waals surface area contributed by atoms with Gasteiger partial charge >= 0.3 is 7.82 Å². The first kappa shape index (κ1) is 11.6. The maximum Gasteiger partial charge on any atom is 0.469 e. The maximum atomic E-state index is 9.70. The third-order valence-electron chi connectivity index (χ3n) is 0.297. The SMILES string of the molecule is CCOP(=O)(O)O.[Mo]. The van der Waals surface area contributed by atoms with E-state index in [2.05, 4.69) is 4.52 Å². The monoisotopic (exact) mass is 224 g/mol. The Morgan fingerprint density at radius 2 is 2.00 bits per heavy atom. The normalized spacial score (nSPS) is 10.4. The summed E-state index contributed by atoms with van der Waals surface area (Å²) in [6.07, 6.45) is 0. The van der Waals surface area contributed by atoms with Crippen molar-refractivity contribution in [3.05, 3.63) is 0 Å². The van der Waals surface area contributed by atoms with Crippen LogP contribution in [0.3, 0.4) is 0 Å². The fraction of sp³-hybridized carbons (Fsp3) is 1.00. The average molecular weight is 222 g/mol. The van der Waals surface area contributed by atoms with Gasteiger partial charge in [-0.2, -0.15) is 0 Å². The Morgan fingerprint density at radius 3 is 2.00 bits per heavy atom. The Hall–Kier alpha value is 0.798. The van der Waals surface area contributed by atoms with E-state index in [1.54, 1.807) is 0 Å². The van der Waals surface area contributed by atoms with Crippen LogP contribution in [0.2, 0.25) is 0 Å². The molecule has 2 N–H and O–H groups in total. The molecule has 0 aliphatic carbocycles. The molecule has 0 aromatic heterocycles. The maximum absolute atomic E-state index is 9.70. The molecule has 0 atom stereocenters. The van der Waals surface area contributed by atoms with E-state index in [0.717, 1.165) is 0 Å². The summed E-state index contributed by atoms with van der Waals surface area (Å²) in [6.45, 7) is 1.56. The van der Waals surface area contributed by atoms with Gasteiger partial charge in [-0.1, -0.05) is 0 Å². The summed E-state index contributed by atoms with van der Waals surface area (Å²) >= 11 is 0. The van der Waals surface area contributed by atoms with E-state index in [0.29, 0.717) is 0 Å². The van der Waals surface area contributed by atoms with Crippen LogP contribution in [0.25, 0.3) is 0 Å². The summed E-state index contributed by atoms with van der Waals surface area (Å²) in [5, 5.41) is 0. The fourth-order valence-electron chi connectivity index (χ4n) is 0.168. The summed E-state index contributed by atoms with van der Waals surface area (Å²) in [6, 6.07) is 0. The molecule has 0 saturated heterocycles. The minimum Gasteiger partial charge on any atom is -0.303 e. The first-order chi connectivity index (χ1) is 3.06. The van der Waals surface area contributed by atoms with Crippen molar-refractivity contribution in [1.29, 1.82) is 0 Å². The Balaban J connectivity index is 0. The second kappa shape index (κ2) is 4.66. The minimum atomic E-state index is -4.17. The molecule has 8 heavy (non-hydrogen) atoms. The number of phosphoric acid groups is 1. The van der Waals surface area contributed by atoms with Crippen LogP contribution >= 0.6 is 7.82 Å². The molecule has 0 bridgehead atoms. The van der Waals surface area contributed by atoms with E-state index >= 15 is 0 Å². The van der Waals surface area contributed by atoms with E-state index in [4.69, 9.17) is 9.79 Å². The van der Waals surface area contributed by atoms with Gasteiger partial charge in [0.1, 0.15) is 0 Å². The van der Waals surface area contributed by atoms with E-state index in [1.807, 2.05) is 0 Å². The van der Waals surface area contributed by atoms with Crippen molar-refractivity contribution in [2.45, 2.75) is 6.92 Å². The molecule has 0 aromatic carbocycles. The van der Waals surface area contributed by atoms with Crippen molar-refractivity contribution >= 4 is 7.82 Å². The van der Waals surface area contributed by atoms with Gasteiger partial charge < -0.3 is 9.79 Å². The minimum absolute atomic E-state index is 0. The number of rotatable bonds is 2. The van der Waals surface area contributed by atoms with Crippen LogP contribution in [-0.4, -0.2) is 16.4 Å². The zero-order valence-corrected chi connectivity index (χ0v) is 7.17.